The zero-order valence-corrected chi connectivity index (χ0v) is 15.3. The number of nitrogens with zero attached hydrogens (tertiary/aromatic N) is 2. The molecule has 2 saturated carbocycles. The minimum absolute atomic E-state index is 0.0318. The van der Waals surface area contributed by atoms with Gasteiger partial charge < -0.3 is 20.3 Å². The number of hydrogen-bond donors (Lipinski definition) is 2. The van der Waals surface area contributed by atoms with Crippen LogP contribution in [0.5, 0.6) is 0 Å². The van der Waals surface area contributed by atoms with Gasteiger partial charge in [-0.3, -0.25) is 4.79 Å². The van der Waals surface area contributed by atoms with Gasteiger partial charge in [0.05, 0.1) is 6.10 Å². The summed E-state index contributed by atoms with van der Waals surface area (Å²) in [5, 5.41) is 7.19. The summed E-state index contributed by atoms with van der Waals surface area (Å²) in [5.74, 6) is 2.51. The largest absolute Gasteiger partial charge is 0.378 e. The predicted molar refractivity (Wildman–Crippen MR) is 94.9 cm³/mol. The number of carbonyl (C=O) groups excluding carboxylic acids is 1. The number of rotatable bonds is 4. The van der Waals surface area contributed by atoms with Crippen LogP contribution in [0.25, 0.3) is 0 Å². The van der Waals surface area contributed by atoms with Crippen molar-refractivity contribution in [3.8, 4) is 0 Å². The molecule has 0 spiro atoms. The molecular weight excluding hydrogens is 304 g/mol. The third kappa shape index (κ3) is 4.41. The Kier molecular flexibility index (Phi) is 5.64. The first kappa shape index (κ1) is 17.5. The van der Waals surface area contributed by atoms with Gasteiger partial charge >= 0.3 is 0 Å². The van der Waals surface area contributed by atoms with Gasteiger partial charge in [0.2, 0.25) is 5.91 Å². The summed E-state index contributed by atoms with van der Waals surface area (Å²) in [6.07, 6.45) is 7.58. The molecule has 1 amide bonds. The van der Waals surface area contributed by atoms with Gasteiger partial charge in [-0.25, -0.2) is 4.99 Å². The highest BCUT2D eigenvalue weighted by molar-refractivity contribution is 5.85. The normalized spacial score (nSPS) is 35.8. The van der Waals surface area contributed by atoms with Gasteiger partial charge in [-0.2, -0.15) is 0 Å². The fourth-order valence-electron chi connectivity index (χ4n) is 4.34. The number of likely N-dealkylation sites (N-methyl/N-ethyl adjacent to an activating group) is 1. The lowest BCUT2D eigenvalue weighted by Gasteiger charge is -2.31. The van der Waals surface area contributed by atoms with Crippen molar-refractivity contribution in [1.29, 1.82) is 0 Å². The van der Waals surface area contributed by atoms with Crippen molar-refractivity contribution in [3.05, 3.63) is 0 Å². The van der Waals surface area contributed by atoms with E-state index in [9.17, 15) is 4.79 Å². The van der Waals surface area contributed by atoms with E-state index >= 15 is 0 Å². The molecule has 6 nitrogen and oxygen atoms in total. The third-order valence-electron chi connectivity index (χ3n) is 5.76. The molecule has 136 valence electrons. The summed E-state index contributed by atoms with van der Waals surface area (Å²) in [4.78, 5) is 18.1. The second kappa shape index (κ2) is 7.72. The van der Waals surface area contributed by atoms with Crippen LogP contribution in [0.3, 0.4) is 0 Å². The SMILES string of the molecule is CC1CC(NC(=NCC(=O)N(C)C)NC2CC3CCC2C3)CCO1. The molecule has 2 N–H and O–H groups in total. The van der Waals surface area contributed by atoms with Gasteiger partial charge in [0.15, 0.2) is 5.96 Å². The smallest absolute Gasteiger partial charge is 0.243 e. The molecule has 3 aliphatic rings. The molecule has 1 saturated heterocycles. The highest BCUT2D eigenvalue weighted by Crippen LogP contribution is 2.44. The van der Waals surface area contributed by atoms with Crippen LogP contribution in [0.2, 0.25) is 0 Å². The lowest BCUT2D eigenvalue weighted by atomic mass is 9.95. The minimum Gasteiger partial charge on any atom is -0.378 e. The Morgan fingerprint density at radius 2 is 2.00 bits per heavy atom. The molecule has 1 aliphatic heterocycles. The lowest BCUT2D eigenvalue weighted by Crippen LogP contribution is -2.51. The van der Waals surface area contributed by atoms with Crippen LogP contribution in [0.4, 0.5) is 0 Å². The summed E-state index contributed by atoms with van der Waals surface area (Å²) in [5.41, 5.74) is 0. The van der Waals surface area contributed by atoms with Crippen molar-refractivity contribution in [2.45, 2.75) is 63.6 Å². The maximum atomic E-state index is 11.9. The van der Waals surface area contributed by atoms with Crippen LogP contribution in [0.15, 0.2) is 4.99 Å². The van der Waals surface area contributed by atoms with Crippen molar-refractivity contribution in [3.63, 3.8) is 0 Å². The fraction of sp³-hybridized carbons (Fsp3) is 0.889. The Labute approximate surface area is 145 Å². The van der Waals surface area contributed by atoms with Crippen molar-refractivity contribution < 1.29 is 9.53 Å². The minimum atomic E-state index is 0.0318. The molecule has 0 aromatic heterocycles. The molecule has 2 bridgehead atoms. The van der Waals surface area contributed by atoms with E-state index in [1.54, 1.807) is 19.0 Å². The summed E-state index contributed by atoms with van der Waals surface area (Å²) in [6.45, 7) is 3.10. The number of hydrogen-bond acceptors (Lipinski definition) is 3. The number of fused-ring (bicyclic) bond motifs is 2. The molecule has 3 rings (SSSR count). The molecule has 1 heterocycles. The number of aliphatic imine (C=N–C) groups is 1. The molecule has 2 aliphatic carbocycles. The maximum Gasteiger partial charge on any atom is 0.243 e. The number of carbonyl (C=O) groups is 1. The van der Waals surface area contributed by atoms with Crippen LogP contribution in [-0.2, 0) is 9.53 Å². The number of ether oxygens (including phenoxy) is 1. The van der Waals surface area contributed by atoms with Crippen molar-refractivity contribution in [2.75, 3.05) is 27.2 Å². The summed E-state index contributed by atoms with van der Waals surface area (Å²) in [6, 6.07) is 0.884. The van der Waals surface area contributed by atoms with E-state index in [0.29, 0.717) is 12.1 Å². The van der Waals surface area contributed by atoms with Crippen molar-refractivity contribution in [1.82, 2.24) is 15.5 Å². The fourth-order valence-corrected chi connectivity index (χ4v) is 4.34. The monoisotopic (exact) mass is 336 g/mol. The first-order valence-electron chi connectivity index (χ1n) is 9.40. The zero-order chi connectivity index (χ0) is 17.1. The van der Waals surface area contributed by atoms with Gasteiger partial charge in [-0.05, 0) is 50.9 Å². The van der Waals surface area contributed by atoms with Gasteiger partial charge in [0.25, 0.3) is 0 Å². The van der Waals surface area contributed by atoms with Gasteiger partial charge in [0, 0.05) is 32.8 Å². The van der Waals surface area contributed by atoms with Gasteiger partial charge in [-0.15, -0.1) is 0 Å². The first-order chi connectivity index (χ1) is 11.5. The first-order valence-corrected chi connectivity index (χ1v) is 9.40. The molecule has 0 aromatic rings. The highest BCUT2D eigenvalue weighted by Gasteiger charge is 2.40. The average Bonchev–Trinajstić information content (AvgIpc) is 3.15. The molecular formula is C18H32N4O2. The second-order valence-corrected chi connectivity index (χ2v) is 7.93. The average molecular weight is 336 g/mol. The molecule has 3 fully saturated rings. The highest BCUT2D eigenvalue weighted by atomic mass is 16.5. The topological polar surface area (TPSA) is 66.0 Å². The Hall–Kier alpha value is -1.30. The number of amides is 1. The summed E-state index contributed by atoms with van der Waals surface area (Å²) in [7, 11) is 3.54. The van der Waals surface area contributed by atoms with E-state index < -0.39 is 0 Å². The quantitative estimate of drug-likeness (QED) is 0.601. The second-order valence-electron chi connectivity index (χ2n) is 7.93. The summed E-state index contributed by atoms with van der Waals surface area (Å²) < 4.78 is 5.63. The van der Waals surface area contributed by atoms with Crippen LogP contribution in [0.1, 0.15) is 45.4 Å². The molecule has 24 heavy (non-hydrogen) atoms. The predicted octanol–water partition coefficient (Wildman–Crippen LogP) is 1.37. The van der Waals surface area contributed by atoms with E-state index in [2.05, 4.69) is 22.5 Å². The van der Waals surface area contributed by atoms with E-state index in [1.807, 2.05) is 0 Å². The van der Waals surface area contributed by atoms with E-state index in [1.165, 1.54) is 25.7 Å². The van der Waals surface area contributed by atoms with Gasteiger partial charge in [-0.1, -0.05) is 6.42 Å². The Morgan fingerprint density at radius 1 is 1.17 bits per heavy atom. The molecule has 0 radical (unpaired) electrons. The molecule has 5 unspecified atom stereocenters. The van der Waals surface area contributed by atoms with Crippen LogP contribution >= 0.6 is 0 Å². The van der Waals surface area contributed by atoms with Crippen LogP contribution < -0.4 is 10.6 Å². The molecule has 6 heteroatoms. The summed E-state index contributed by atoms with van der Waals surface area (Å²) >= 11 is 0. The number of guanidine groups is 1. The molecule has 0 aromatic carbocycles. The van der Waals surface area contributed by atoms with E-state index in [4.69, 9.17) is 4.74 Å². The van der Waals surface area contributed by atoms with Crippen LogP contribution in [-0.4, -0.2) is 62.2 Å². The third-order valence-corrected chi connectivity index (χ3v) is 5.76. The van der Waals surface area contributed by atoms with Crippen LogP contribution in [0, 0.1) is 11.8 Å². The maximum absolute atomic E-state index is 11.9. The molecule has 5 atom stereocenters. The van der Waals surface area contributed by atoms with E-state index in [-0.39, 0.29) is 18.6 Å². The van der Waals surface area contributed by atoms with Gasteiger partial charge in [0.1, 0.15) is 6.54 Å². The Morgan fingerprint density at radius 3 is 2.62 bits per heavy atom. The lowest BCUT2D eigenvalue weighted by molar-refractivity contribution is -0.127. The zero-order valence-electron chi connectivity index (χ0n) is 15.3. The van der Waals surface area contributed by atoms with E-state index in [0.717, 1.165) is 37.2 Å². The Balaban J connectivity index is 1.61. The van der Waals surface area contributed by atoms with Crippen molar-refractivity contribution >= 4 is 11.9 Å². The number of nitrogens with one attached hydrogen (secondary N) is 2. The Bertz CT molecular complexity index is 480. The van der Waals surface area contributed by atoms with Crippen molar-refractivity contribution in [2.24, 2.45) is 16.8 Å². The standard InChI is InChI=1S/C18H32N4O2/c1-12-8-15(6-7-24-12)20-18(19-11-17(23)22(2)3)21-16-10-13-4-5-14(16)9-13/h12-16H,4-11H2,1-3H3,(H2,19,20,21).